The molecule has 0 aliphatic carbocycles. The van der Waals surface area contributed by atoms with Crippen LogP contribution >= 0.6 is 0 Å². The van der Waals surface area contributed by atoms with Gasteiger partial charge in [-0.3, -0.25) is 9.59 Å². The molecule has 0 heterocycles. The molecular weight excluding hydrogens is 340 g/mol. The first-order chi connectivity index (χ1) is 12.4. The molecule has 0 radical (unpaired) electrons. The van der Waals surface area contributed by atoms with Crippen LogP contribution in [-0.2, 0) is 14.3 Å². The standard InChI is InChI=1S/C18H26N2O6/c1-5-19-17(22)12(4)20-16(21)11-26-18(23)13-8-9-14(24-6-2)15(10-13)25-7-3/h8-10,12H,5-7,11H2,1-4H3,(H,19,22)(H,20,21)/t12-/m1/s1. The van der Waals surface area contributed by atoms with Gasteiger partial charge in [-0.2, -0.15) is 0 Å². The summed E-state index contributed by atoms with van der Waals surface area (Å²) in [5.74, 6) is -0.583. The topological polar surface area (TPSA) is 103 Å². The van der Waals surface area contributed by atoms with E-state index in [1.54, 1.807) is 19.9 Å². The summed E-state index contributed by atoms with van der Waals surface area (Å²) < 4.78 is 15.9. The predicted octanol–water partition coefficient (Wildman–Crippen LogP) is 1.28. The molecule has 1 atom stereocenters. The molecule has 26 heavy (non-hydrogen) atoms. The molecule has 0 aromatic heterocycles. The van der Waals surface area contributed by atoms with E-state index in [1.807, 2.05) is 13.8 Å². The molecular formula is C18H26N2O6. The smallest absolute Gasteiger partial charge is 0.338 e. The third-order valence-electron chi connectivity index (χ3n) is 3.24. The molecule has 1 aromatic rings. The minimum Gasteiger partial charge on any atom is -0.490 e. The zero-order chi connectivity index (χ0) is 19.5. The third kappa shape index (κ3) is 6.62. The maximum Gasteiger partial charge on any atom is 0.338 e. The van der Waals surface area contributed by atoms with E-state index in [0.29, 0.717) is 31.3 Å². The Morgan fingerprint density at radius 1 is 1.04 bits per heavy atom. The summed E-state index contributed by atoms with van der Waals surface area (Å²) in [7, 11) is 0. The molecule has 0 saturated heterocycles. The van der Waals surface area contributed by atoms with Gasteiger partial charge in [0.2, 0.25) is 5.91 Å². The lowest BCUT2D eigenvalue weighted by Crippen LogP contribution is -2.46. The summed E-state index contributed by atoms with van der Waals surface area (Å²) >= 11 is 0. The van der Waals surface area contributed by atoms with Crippen molar-refractivity contribution in [3.63, 3.8) is 0 Å². The number of likely N-dealkylation sites (N-methyl/N-ethyl adjacent to an activating group) is 1. The van der Waals surface area contributed by atoms with Crippen LogP contribution in [0.2, 0.25) is 0 Å². The second-order valence-corrected chi connectivity index (χ2v) is 5.29. The van der Waals surface area contributed by atoms with Gasteiger partial charge in [0.05, 0.1) is 18.8 Å². The summed E-state index contributed by atoms with van der Waals surface area (Å²) in [6.07, 6.45) is 0. The van der Waals surface area contributed by atoms with Crippen molar-refractivity contribution in [2.75, 3.05) is 26.4 Å². The molecule has 0 aliphatic heterocycles. The van der Waals surface area contributed by atoms with Crippen LogP contribution < -0.4 is 20.1 Å². The summed E-state index contributed by atoms with van der Waals surface area (Å²) in [6.45, 7) is 7.85. The Morgan fingerprint density at radius 3 is 2.31 bits per heavy atom. The Morgan fingerprint density at radius 2 is 1.69 bits per heavy atom. The highest BCUT2D eigenvalue weighted by Gasteiger charge is 2.17. The van der Waals surface area contributed by atoms with E-state index in [9.17, 15) is 14.4 Å². The average Bonchev–Trinajstić information content (AvgIpc) is 2.61. The Labute approximate surface area is 153 Å². The number of amides is 2. The van der Waals surface area contributed by atoms with Gasteiger partial charge in [-0.15, -0.1) is 0 Å². The number of rotatable bonds is 10. The molecule has 0 bridgehead atoms. The maximum absolute atomic E-state index is 12.1. The molecule has 0 unspecified atom stereocenters. The van der Waals surface area contributed by atoms with E-state index in [1.165, 1.54) is 12.1 Å². The molecule has 0 aliphatic rings. The first-order valence-electron chi connectivity index (χ1n) is 8.56. The predicted molar refractivity (Wildman–Crippen MR) is 95.4 cm³/mol. The lowest BCUT2D eigenvalue weighted by molar-refractivity contribution is -0.130. The van der Waals surface area contributed by atoms with Gasteiger partial charge >= 0.3 is 5.97 Å². The molecule has 1 rings (SSSR count). The van der Waals surface area contributed by atoms with Gasteiger partial charge in [0.25, 0.3) is 5.91 Å². The van der Waals surface area contributed by atoms with E-state index in [0.717, 1.165) is 0 Å². The van der Waals surface area contributed by atoms with Crippen molar-refractivity contribution in [1.29, 1.82) is 0 Å². The van der Waals surface area contributed by atoms with Crippen molar-refractivity contribution < 1.29 is 28.6 Å². The number of ether oxygens (including phenoxy) is 3. The highest BCUT2D eigenvalue weighted by molar-refractivity contribution is 5.93. The van der Waals surface area contributed by atoms with Crippen LogP contribution in [0.15, 0.2) is 18.2 Å². The molecule has 2 N–H and O–H groups in total. The van der Waals surface area contributed by atoms with Crippen molar-refractivity contribution in [3.05, 3.63) is 23.8 Å². The average molecular weight is 366 g/mol. The zero-order valence-electron chi connectivity index (χ0n) is 15.6. The molecule has 8 heteroatoms. The maximum atomic E-state index is 12.1. The quantitative estimate of drug-likeness (QED) is 0.605. The van der Waals surface area contributed by atoms with E-state index < -0.39 is 24.5 Å². The molecule has 0 saturated carbocycles. The van der Waals surface area contributed by atoms with Crippen LogP contribution in [-0.4, -0.2) is 50.2 Å². The van der Waals surface area contributed by atoms with Gasteiger partial charge in [-0.1, -0.05) is 0 Å². The SMILES string of the molecule is CCNC(=O)[C@@H](C)NC(=O)COC(=O)c1ccc(OCC)c(OCC)c1. The number of carbonyl (C=O) groups excluding carboxylic acids is 3. The van der Waals surface area contributed by atoms with E-state index >= 15 is 0 Å². The van der Waals surface area contributed by atoms with Crippen molar-refractivity contribution in [2.45, 2.75) is 33.7 Å². The molecule has 144 valence electrons. The number of benzene rings is 1. The summed E-state index contributed by atoms with van der Waals surface area (Å²) in [4.78, 5) is 35.5. The van der Waals surface area contributed by atoms with Gasteiger partial charge < -0.3 is 24.8 Å². The van der Waals surface area contributed by atoms with Crippen molar-refractivity contribution >= 4 is 17.8 Å². The van der Waals surface area contributed by atoms with Crippen molar-refractivity contribution in [1.82, 2.24) is 10.6 Å². The second-order valence-electron chi connectivity index (χ2n) is 5.29. The first-order valence-corrected chi connectivity index (χ1v) is 8.56. The lowest BCUT2D eigenvalue weighted by Gasteiger charge is -2.14. The van der Waals surface area contributed by atoms with Gasteiger partial charge in [-0.25, -0.2) is 4.79 Å². The highest BCUT2D eigenvalue weighted by Crippen LogP contribution is 2.28. The number of esters is 1. The fourth-order valence-corrected chi connectivity index (χ4v) is 2.07. The Balaban J connectivity index is 2.63. The number of carbonyl (C=O) groups is 3. The fraction of sp³-hybridized carbons (Fsp3) is 0.500. The number of hydrogen-bond donors (Lipinski definition) is 2. The molecule has 2 amide bonds. The van der Waals surface area contributed by atoms with Gasteiger partial charge in [0.1, 0.15) is 6.04 Å². The molecule has 0 fully saturated rings. The third-order valence-corrected chi connectivity index (χ3v) is 3.24. The molecule has 1 aromatic carbocycles. The normalized spacial score (nSPS) is 11.2. The van der Waals surface area contributed by atoms with Crippen LogP contribution in [0.1, 0.15) is 38.1 Å². The van der Waals surface area contributed by atoms with E-state index in [2.05, 4.69) is 10.6 Å². The lowest BCUT2D eigenvalue weighted by atomic mass is 10.2. The molecule has 8 nitrogen and oxygen atoms in total. The monoisotopic (exact) mass is 366 g/mol. The van der Waals surface area contributed by atoms with Crippen LogP contribution in [0.5, 0.6) is 11.5 Å². The summed E-state index contributed by atoms with van der Waals surface area (Å²) in [5.41, 5.74) is 0.237. The van der Waals surface area contributed by atoms with Gasteiger partial charge in [-0.05, 0) is 45.9 Å². The number of nitrogens with one attached hydrogen (secondary N) is 2. The summed E-state index contributed by atoms with van der Waals surface area (Å²) in [6, 6.07) is 3.94. The second kappa shape index (κ2) is 11.0. The fourth-order valence-electron chi connectivity index (χ4n) is 2.07. The Hall–Kier alpha value is -2.77. The zero-order valence-corrected chi connectivity index (χ0v) is 15.6. The van der Waals surface area contributed by atoms with Gasteiger partial charge in [0, 0.05) is 6.54 Å². The van der Waals surface area contributed by atoms with Crippen LogP contribution in [0.3, 0.4) is 0 Å². The summed E-state index contributed by atoms with van der Waals surface area (Å²) in [5, 5.41) is 5.04. The van der Waals surface area contributed by atoms with Crippen LogP contribution in [0.4, 0.5) is 0 Å². The Bertz CT molecular complexity index is 632. The largest absolute Gasteiger partial charge is 0.490 e. The van der Waals surface area contributed by atoms with E-state index in [4.69, 9.17) is 14.2 Å². The number of hydrogen-bond acceptors (Lipinski definition) is 6. The minimum atomic E-state index is -0.712. The van der Waals surface area contributed by atoms with Gasteiger partial charge in [0.15, 0.2) is 18.1 Å². The molecule has 0 spiro atoms. The Kier molecular flexibility index (Phi) is 8.97. The van der Waals surface area contributed by atoms with Crippen molar-refractivity contribution in [2.24, 2.45) is 0 Å². The van der Waals surface area contributed by atoms with Crippen molar-refractivity contribution in [3.8, 4) is 11.5 Å². The highest BCUT2D eigenvalue weighted by atomic mass is 16.5. The van der Waals surface area contributed by atoms with Crippen LogP contribution in [0.25, 0.3) is 0 Å². The van der Waals surface area contributed by atoms with E-state index in [-0.39, 0.29) is 11.5 Å². The first kappa shape index (κ1) is 21.3. The minimum absolute atomic E-state index is 0.237. The van der Waals surface area contributed by atoms with Crippen LogP contribution in [0, 0.1) is 0 Å².